The van der Waals surface area contributed by atoms with Crippen molar-refractivity contribution in [2.45, 2.75) is 13.3 Å². The van der Waals surface area contributed by atoms with Gasteiger partial charge in [0.2, 0.25) is 18.2 Å². The van der Waals surface area contributed by atoms with Crippen molar-refractivity contribution in [3.63, 3.8) is 0 Å². The van der Waals surface area contributed by atoms with Crippen LogP contribution >= 0.6 is 0 Å². The van der Waals surface area contributed by atoms with Crippen LogP contribution < -0.4 is 10.6 Å². The highest BCUT2D eigenvalue weighted by molar-refractivity contribution is 5.92. The Balaban J connectivity index is 1.97. The van der Waals surface area contributed by atoms with Crippen molar-refractivity contribution in [1.82, 2.24) is 15.5 Å². The quantitative estimate of drug-likeness (QED) is 0.772. The van der Waals surface area contributed by atoms with Crippen LogP contribution in [-0.4, -0.2) is 29.2 Å². The van der Waals surface area contributed by atoms with Gasteiger partial charge in [-0.2, -0.15) is 0 Å². The number of amides is 1. The van der Waals surface area contributed by atoms with E-state index in [1.807, 2.05) is 18.2 Å². The molecule has 2 rings (SSSR count). The Kier molecular flexibility index (Phi) is 4.63. The number of rotatable bonds is 6. The van der Waals surface area contributed by atoms with Crippen LogP contribution in [0.3, 0.4) is 0 Å². The monoisotopic (exact) mass is 260 g/mol. The van der Waals surface area contributed by atoms with Gasteiger partial charge in [-0.1, -0.05) is 13.0 Å². The molecule has 0 atom stereocenters. The lowest BCUT2D eigenvalue weighted by Crippen LogP contribution is -2.28. The van der Waals surface area contributed by atoms with Crippen molar-refractivity contribution < 1.29 is 9.21 Å². The van der Waals surface area contributed by atoms with Crippen LogP contribution in [0.15, 0.2) is 35.1 Å². The number of benzene rings is 1. The molecule has 100 valence electrons. The minimum Gasteiger partial charge on any atom is -0.423 e. The first-order chi connectivity index (χ1) is 9.29. The molecule has 0 saturated heterocycles. The van der Waals surface area contributed by atoms with Crippen molar-refractivity contribution >= 4 is 11.6 Å². The first kappa shape index (κ1) is 13.2. The van der Waals surface area contributed by atoms with Crippen LogP contribution in [0.1, 0.15) is 13.3 Å². The maximum atomic E-state index is 11.7. The zero-order valence-electron chi connectivity index (χ0n) is 10.7. The third-order valence-corrected chi connectivity index (χ3v) is 2.47. The molecule has 0 spiro atoms. The van der Waals surface area contributed by atoms with Gasteiger partial charge in [-0.25, -0.2) is 0 Å². The number of carbonyl (C=O) groups excluding carboxylic acids is 1. The molecule has 0 aliphatic rings. The third-order valence-electron chi connectivity index (χ3n) is 2.47. The highest BCUT2D eigenvalue weighted by atomic mass is 16.4. The summed E-state index contributed by atoms with van der Waals surface area (Å²) in [5.41, 5.74) is 1.48. The van der Waals surface area contributed by atoms with Gasteiger partial charge in [-0.05, 0) is 31.2 Å². The predicted octanol–water partition coefficient (Wildman–Crippen LogP) is 1.67. The molecule has 0 saturated carbocycles. The standard InChI is InChI=1S/C13H16N4O2/c1-2-6-14-8-12(18)16-11-5-3-4-10(7-11)13-17-15-9-19-13/h3-5,7,9,14H,2,6,8H2,1H3,(H,16,18). The molecule has 0 fully saturated rings. The Morgan fingerprint density at radius 1 is 1.42 bits per heavy atom. The summed E-state index contributed by atoms with van der Waals surface area (Å²) in [4.78, 5) is 11.7. The van der Waals surface area contributed by atoms with Gasteiger partial charge < -0.3 is 15.1 Å². The number of aromatic nitrogens is 2. The predicted molar refractivity (Wildman–Crippen MR) is 71.5 cm³/mol. The lowest BCUT2D eigenvalue weighted by Gasteiger charge is -2.06. The molecule has 19 heavy (non-hydrogen) atoms. The fraction of sp³-hybridized carbons (Fsp3) is 0.308. The maximum Gasteiger partial charge on any atom is 0.247 e. The molecule has 1 heterocycles. The lowest BCUT2D eigenvalue weighted by atomic mass is 10.2. The first-order valence-corrected chi connectivity index (χ1v) is 6.16. The molecule has 0 unspecified atom stereocenters. The molecule has 2 N–H and O–H groups in total. The van der Waals surface area contributed by atoms with Crippen molar-refractivity contribution in [1.29, 1.82) is 0 Å². The molecule has 6 heteroatoms. The number of carbonyl (C=O) groups is 1. The lowest BCUT2D eigenvalue weighted by molar-refractivity contribution is -0.115. The van der Waals surface area contributed by atoms with Gasteiger partial charge in [-0.3, -0.25) is 4.79 Å². The molecule has 1 amide bonds. The van der Waals surface area contributed by atoms with E-state index in [1.165, 1.54) is 6.39 Å². The topological polar surface area (TPSA) is 80.0 Å². The molecule has 6 nitrogen and oxygen atoms in total. The molecular weight excluding hydrogens is 244 g/mol. The molecule has 0 aliphatic heterocycles. The molecule has 2 aromatic rings. The van der Waals surface area contributed by atoms with Gasteiger partial charge in [0.1, 0.15) is 0 Å². The Labute approximate surface area is 111 Å². The van der Waals surface area contributed by atoms with E-state index in [0.717, 1.165) is 18.5 Å². The molecule has 1 aromatic heterocycles. The first-order valence-electron chi connectivity index (χ1n) is 6.16. The van der Waals surface area contributed by atoms with Crippen LogP contribution in [0.2, 0.25) is 0 Å². The fourth-order valence-electron chi connectivity index (χ4n) is 1.61. The highest BCUT2D eigenvalue weighted by Crippen LogP contribution is 2.20. The number of hydrogen-bond donors (Lipinski definition) is 2. The Bertz CT molecular complexity index is 525. The number of hydrogen-bond acceptors (Lipinski definition) is 5. The molecule has 0 bridgehead atoms. The Morgan fingerprint density at radius 2 is 2.32 bits per heavy atom. The average Bonchev–Trinajstić information content (AvgIpc) is 2.93. The Hall–Kier alpha value is -2.21. The summed E-state index contributed by atoms with van der Waals surface area (Å²) in [5.74, 6) is 0.358. The second kappa shape index (κ2) is 6.65. The van der Waals surface area contributed by atoms with Gasteiger partial charge in [0.05, 0.1) is 6.54 Å². The van der Waals surface area contributed by atoms with E-state index < -0.39 is 0 Å². The van der Waals surface area contributed by atoms with Crippen molar-refractivity contribution in [2.24, 2.45) is 0 Å². The maximum absolute atomic E-state index is 11.7. The normalized spacial score (nSPS) is 10.4. The summed E-state index contributed by atoms with van der Waals surface area (Å²) >= 11 is 0. The summed E-state index contributed by atoms with van der Waals surface area (Å²) in [7, 11) is 0. The number of nitrogens with one attached hydrogen (secondary N) is 2. The van der Waals surface area contributed by atoms with Gasteiger partial charge in [-0.15, -0.1) is 10.2 Å². The van der Waals surface area contributed by atoms with E-state index in [4.69, 9.17) is 4.42 Å². The van der Waals surface area contributed by atoms with Crippen LogP contribution in [0.25, 0.3) is 11.5 Å². The zero-order chi connectivity index (χ0) is 13.5. The van der Waals surface area contributed by atoms with Gasteiger partial charge in [0.25, 0.3) is 0 Å². The van der Waals surface area contributed by atoms with Crippen LogP contribution in [0.5, 0.6) is 0 Å². The molecule has 1 aromatic carbocycles. The van der Waals surface area contributed by atoms with Gasteiger partial charge >= 0.3 is 0 Å². The summed E-state index contributed by atoms with van der Waals surface area (Å²) in [5, 5.41) is 13.3. The Morgan fingerprint density at radius 3 is 3.05 bits per heavy atom. The van der Waals surface area contributed by atoms with Crippen LogP contribution in [0, 0.1) is 0 Å². The minimum atomic E-state index is -0.0730. The largest absolute Gasteiger partial charge is 0.423 e. The van der Waals surface area contributed by atoms with Gasteiger partial charge in [0.15, 0.2) is 0 Å². The smallest absolute Gasteiger partial charge is 0.247 e. The molecular formula is C13H16N4O2. The van der Waals surface area contributed by atoms with E-state index >= 15 is 0 Å². The molecule has 0 radical (unpaired) electrons. The number of nitrogens with zero attached hydrogens (tertiary/aromatic N) is 2. The zero-order valence-corrected chi connectivity index (χ0v) is 10.7. The van der Waals surface area contributed by atoms with Crippen LogP contribution in [-0.2, 0) is 4.79 Å². The summed E-state index contributed by atoms with van der Waals surface area (Å²) in [6, 6.07) is 7.29. The van der Waals surface area contributed by atoms with Crippen molar-refractivity contribution in [3.05, 3.63) is 30.7 Å². The molecule has 0 aliphatic carbocycles. The average molecular weight is 260 g/mol. The summed E-state index contributed by atoms with van der Waals surface area (Å²) < 4.78 is 5.11. The summed E-state index contributed by atoms with van der Waals surface area (Å²) in [6.45, 7) is 3.19. The summed E-state index contributed by atoms with van der Waals surface area (Å²) in [6.07, 6.45) is 2.27. The van der Waals surface area contributed by atoms with E-state index in [-0.39, 0.29) is 5.91 Å². The highest BCUT2D eigenvalue weighted by Gasteiger charge is 2.06. The fourth-order valence-corrected chi connectivity index (χ4v) is 1.61. The van der Waals surface area contributed by atoms with Gasteiger partial charge in [0, 0.05) is 11.3 Å². The van der Waals surface area contributed by atoms with Crippen LogP contribution in [0.4, 0.5) is 5.69 Å². The van der Waals surface area contributed by atoms with Crippen molar-refractivity contribution in [3.8, 4) is 11.5 Å². The van der Waals surface area contributed by atoms with E-state index in [9.17, 15) is 4.79 Å². The minimum absolute atomic E-state index is 0.0730. The second-order valence-electron chi connectivity index (χ2n) is 4.05. The van der Waals surface area contributed by atoms with E-state index in [0.29, 0.717) is 18.1 Å². The van der Waals surface area contributed by atoms with E-state index in [2.05, 4.69) is 27.8 Å². The third kappa shape index (κ3) is 3.89. The van der Waals surface area contributed by atoms with E-state index in [1.54, 1.807) is 6.07 Å². The number of anilines is 1. The second-order valence-corrected chi connectivity index (χ2v) is 4.05. The SMILES string of the molecule is CCCNCC(=O)Nc1cccc(-c2nnco2)c1. The van der Waals surface area contributed by atoms with Crippen molar-refractivity contribution in [2.75, 3.05) is 18.4 Å².